The maximum Gasteiger partial charge on any atom is 0.272 e. The minimum atomic E-state index is -3.24. The first kappa shape index (κ1) is 17.0. The molecular weight excluding hydrogens is 360 g/mol. The second kappa shape index (κ2) is 6.09. The molecule has 0 saturated carbocycles. The Morgan fingerprint density at radius 1 is 1.27 bits per heavy atom. The molecule has 2 aliphatic rings. The summed E-state index contributed by atoms with van der Waals surface area (Å²) >= 11 is 0. The first-order valence-electron chi connectivity index (χ1n) is 8.36. The molecule has 2 aliphatic heterocycles. The van der Waals surface area contributed by atoms with Gasteiger partial charge in [-0.05, 0) is 6.92 Å². The van der Waals surface area contributed by atoms with Gasteiger partial charge in [-0.25, -0.2) is 13.4 Å². The van der Waals surface area contributed by atoms with Crippen LogP contribution < -0.4 is 5.56 Å². The van der Waals surface area contributed by atoms with Crippen LogP contribution in [0.25, 0.3) is 0 Å². The zero-order chi connectivity index (χ0) is 18.5. The Balaban J connectivity index is 1.60. The van der Waals surface area contributed by atoms with Crippen molar-refractivity contribution in [1.82, 2.24) is 30.0 Å². The molecule has 0 radical (unpaired) electrons. The highest BCUT2D eigenvalue weighted by atomic mass is 32.2. The molecule has 0 aliphatic carbocycles. The number of fused-ring (bicyclic) bond motifs is 1. The summed E-state index contributed by atoms with van der Waals surface area (Å²) in [5.41, 5.74) is 1.58. The number of aromatic amines is 3. The molecular formula is C15H20N6O4S. The number of hydrogen-bond donors (Lipinski definition) is 3. The number of imidazole rings is 1. The number of rotatable bonds is 3. The van der Waals surface area contributed by atoms with Gasteiger partial charge in [0.25, 0.3) is 11.5 Å². The standard InChI is InChI=1S/C15H20N6O4S/c1-9-11(17-8-16-9)5-20-2-3-21(13-7-26(24,25)6-12(13)20)15(23)10-4-14(22)19-18-10/h4,8,12-13H,2-3,5-7H2,1H3,(H,16,17)(H2,18,19,22)/t12-,13+/m0/s1. The monoisotopic (exact) mass is 380 g/mol. The lowest BCUT2D eigenvalue weighted by Crippen LogP contribution is -2.60. The summed E-state index contributed by atoms with van der Waals surface area (Å²) in [6.07, 6.45) is 1.62. The van der Waals surface area contributed by atoms with Gasteiger partial charge in [-0.1, -0.05) is 0 Å². The largest absolute Gasteiger partial charge is 0.348 e. The Kier molecular flexibility index (Phi) is 3.99. The average Bonchev–Trinajstić information content (AvgIpc) is 3.26. The molecule has 0 aromatic carbocycles. The van der Waals surface area contributed by atoms with Gasteiger partial charge < -0.3 is 9.88 Å². The Morgan fingerprint density at radius 3 is 2.69 bits per heavy atom. The van der Waals surface area contributed by atoms with Gasteiger partial charge in [0.1, 0.15) is 5.69 Å². The number of H-pyrrole nitrogens is 3. The fraction of sp³-hybridized carbons (Fsp3) is 0.533. The first-order chi connectivity index (χ1) is 12.3. The van der Waals surface area contributed by atoms with E-state index in [9.17, 15) is 18.0 Å². The van der Waals surface area contributed by atoms with Gasteiger partial charge in [0.05, 0.1) is 29.6 Å². The minimum absolute atomic E-state index is 0.0224. The van der Waals surface area contributed by atoms with Crippen molar-refractivity contribution in [3.05, 3.63) is 39.8 Å². The molecule has 0 unspecified atom stereocenters. The van der Waals surface area contributed by atoms with Crippen LogP contribution in [-0.2, 0) is 16.4 Å². The average molecular weight is 380 g/mol. The molecule has 4 heterocycles. The lowest BCUT2D eigenvalue weighted by molar-refractivity contribution is 0.0297. The van der Waals surface area contributed by atoms with E-state index in [2.05, 4.69) is 25.1 Å². The minimum Gasteiger partial charge on any atom is -0.348 e. The molecule has 140 valence electrons. The maximum absolute atomic E-state index is 12.7. The number of hydrogen-bond acceptors (Lipinski definition) is 6. The number of carbonyl (C=O) groups is 1. The van der Waals surface area contributed by atoms with Gasteiger partial charge >= 0.3 is 0 Å². The molecule has 2 aromatic rings. The third-order valence-electron chi connectivity index (χ3n) is 5.17. The van der Waals surface area contributed by atoms with Crippen LogP contribution in [0.1, 0.15) is 21.9 Å². The van der Waals surface area contributed by atoms with E-state index < -0.39 is 21.4 Å². The van der Waals surface area contributed by atoms with Crippen molar-refractivity contribution in [3.63, 3.8) is 0 Å². The molecule has 1 amide bonds. The van der Waals surface area contributed by atoms with E-state index in [0.717, 1.165) is 11.4 Å². The van der Waals surface area contributed by atoms with Crippen LogP contribution >= 0.6 is 0 Å². The lowest BCUT2D eigenvalue weighted by Gasteiger charge is -2.43. The van der Waals surface area contributed by atoms with E-state index >= 15 is 0 Å². The van der Waals surface area contributed by atoms with Gasteiger partial charge in [-0.15, -0.1) is 0 Å². The zero-order valence-electron chi connectivity index (χ0n) is 14.2. The molecule has 4 rings (SSSR count). The van der Waals surface area contributed by atoms with Crippen molar-refractivity contribution in [3.8, 4) is 0 Å². The highest BCUT2D eigenvalue weighted by Crippen LogP contribution is 2.29. The lowest BCUT2D eigenvalue weighted by atomic mass is 10.0. The van der Waals surface area contributed by atoms with Crippen molar-refractivity contribution in [2.75, 3.05) is 24.6 Å². The summed E-state index contributed by atoms with van der Waals surface area (Å²) in [7, 11) is -3.24. The molecule has 2 atom stereocenters. The Hall–Kier alpha value is -2.40. The number of nitrogens with one attached hydrogen (secondary N) is 3. The molecule has 0 bridgehead atoms. The van der Waals surface area contributed by atoms with Gasteiger partial charge in [0.2, 0.25) is 0 Å². The molecule has 0 spiro atoms. The van der Waals surface area contributed by atoms with Gasteiger partial charge in [0, 0.05) is 37.4 Å². The van der Waals surface area contributed by atoms with Gasteiger partial charge in [-0.2, -0.15) is 0 Å². The number of piperazine rings is 1. The predicted molar refractivity (Wildman–Crippen MR) is 92.4 cm³/mol. The van der Waals surface area contributed by atoms with E-state index in [0.29, 0.717) is 19.6 Å². The Bertz CT molecular complexity index is 990. The van der Waals surface area contributed by atoms with E-state index in [4.69, 9.17) is 0 Å². The molecule has 3 N–H and O–H groups in total. The topological polar surface area (TPSA) is 135 Å². The van der Waals surface area contributed by atoms with Crippen LogP contribution in [0.5, 0.6) is 0 Å². The van der Waals surface area contributed by atoms with Crippen molar-refractivity contribution < 1.29 is 13.2 Å². The number of amides is 1. The third-order valence-corrected chi connectivity index (χ3v) is 6.86. The summed E-state index contributed by atoms with van der Waals surface area (Å²) in [5.74, 6) is -0.395. The maximum atomic E-state index is 12.7. The van der Waals surface area contributed by atoms with E-state index in [1.807, 2.05) is 6.92 Å². The Morgan fingerprint density at radius 2 is 2.04 bits per heavy atom. The second-order valence-electron chi connectivity index (χ2n) is 6.83. The van der Waals surface area contributed by atoms with Crippen LogP contribution in [0.4, 0.5) is 0 Å². The van der Waals surface area contributed by atoms with Gasteiger partial charge in [0.15, 0.2) is 9.84 Å². The molecule has 11 heteroatoms. The SMILES string of the molecule is Cc1[nH]cnc1CN1CCN(C(=O)c2cc(=O)[nH][nH]2)[C@@H]2CS(=O)(=O)C[C@@H]21. The van der Waals surface area contributed by atoms with Crippen LogP contribution in [0, 0.1) is 6.92 Å². The van der Waals surface area contributed by atoms with Crippen molar-refractivity contribution in [1.29, 1.82) is 0 Å². The zero-order valence-corrected chi connectivity index (χ0v) is 15.0. The summed E-state index contributed by atoms with van der Waals surface area (Å²) in [4.78, 5) is 35.0. The molecule has 2 saturated heterocycles. The fourth-order valence-corrected chi connectivity index (χ4v) is 5.83. The van der Waals surface area contributed by atoms with Crippen LogP contribution in [-0.4, -0.2) is 81.0 Å². The van der Waals surface area contributed by atoms with Gasteiger partial charge in [-0.3, -0.25) is 24.7 Å². The normalized spacial score (nSPS) is 25.3. The van der Waals surface area contributed by atoms with E-state index in [-0.39, 0.29) is 29.1 Å². The molecule has 26 heavy (non-hydrogen) atoms. The highest BCUT2D eigenvalue weighted by Gasteiger charge is 2.48. The Labute approximate surface area is 149 Å². The quantitative estimate of drug-likeness (QED) is 0.616. The van der Waals surface area contributed by atoms with Crippen molar-refractivity contribution in [2.45, 2.75) is 25.6 Å². The predicted octanol–water partition coefficient (Wildman–Crippen LogP) is -1.14. The summed E-state index contributed by atoms with van der Waals surface area (Å²) < 4.78 is 24.5. The fourth-order valence-electron chi connectivity index (χ4n) is 3.81. The summed E-state index contributed by atoms with van der Waals surface area (Å²) in [6.45, 7) is 3.40. The smallest absolute Gasteiger partial charge is 0.272 e. The van der Waals surface area contributed by atoms with Crippen LogP contribution in [0.2, 0.25) is 0 Å². The number of aromatic nitrogens is 4. The van der Waals surface area contributed by atoms with E-state index in [1.165, 1.54) is 6.07 Å². The van der Waals surface area contributed by atoms with Crippen molar-refractivity contribution in [2.24, 2.45) is 0 Å². The summed E-state index contributed by atoms with van der Waals surface area (Å²) in [5, 5.41) is 4.89. The first-order valence-corrected chi connectivity index (χ1v) is 10.2. The van der Waals surface area contributed by atoms with Crippen LogP contribution in [0.15, 0.2) is 17.2 Å². The second-order valence-corrected chi connectivity index (χ2v) is 8.98. The highest BCUT2D eigenvalue weighted by molar-refractivity contribution is 7.91. The number of aryl methyl sites for hydroxylation is 1. The number of sulfone groups is 1. The van der Waals surface area contributed by atoms with Crippen molar-refractivity contribution >= 4 is 15.7 Å². The summed E-state index contributed by atoms with van der Waals surface area (Å²) in [6, 6.07) is 0.485. The van der Waals surface area contributed by atoms with E-state index in [1.54, 1.807) is 11.2 Å². The molecule has 2 aromatic heterocycles. The third kappa shape index (κ3) is 2.97. The molecule has 10 nitrogen and oxygen atoms in total. The van der Waals surface area contributed by atoms with Crippen LogP contribution in [0.3, 0.4) is 0 Å². The number of carbonyl (C=O) groups excluding carboxylic acids is 1. The number of nitrogens with zero attached hydrogens (tertiary/aromatic N) is 3. The molecule has 2 fully saturated rings.